The molecule has 0 radical (unpaired) electrons. The largest absolute Gasteiger partial charge is 0.462 e. The van der Waals surface area contributed by atoms with Crippen LogP contribution in [-0.4, -0.2) is 43.1 Å². The van der Waals surface area contributed by atoms with Crippen molar-refractivity contribution in [2.24, 2.45) is 0 Å². The fourth-order valence-corrected chi connectivity index (χ4v) is 1.95. The fraction of sp³-hybridized carbons (Fsp3) is 0.294. The zero-order valence-corrected chi connectivity index (χ0v) is 13.0. The van der Waals surface area contributed by atoms with Crippen molar-refractivity contribution >= 4 is 17.5 Å². The van der Waals surface area contributed by atoms with Gasteiger partial charge in [0.25, 0.3) is 0 Å². The highest BCUT2D eigenvalue weighted by atomic mass is 16.5. The lowest BCUT2D eigenvalue weighted by Crippen LogP contribution is -2.16. The van der Waals surface area contributed by atoms with E-state index in [1.165, 1.54) is 0 Å². The molecule has 5 heteroatoms. The van der Waals surface area contributed by atoms with Crippen LogP contribution in [-0.2, 0) is 4.74 Å². The molecule has 0 aliphatic carbocycles. The van der Waals surface area contributed by atoms with E-state index in [1.807, 2.05) is 44.4 Å². The molecule has 0 saturated carbocycles. The molecule has 0 aliphatic rings. The van der Waals surface area contributed by atoms with Crippen LogP contribution in [0.25, 0.3) is 0 Å². The zero-order valence-electron chi connectivity index (χ0n) is 13.0. The molecule has 5 nitrogen and oxygen atoms in total. The topological polar surface area (TPSA) is 54.5 Å². The van der Waals surface area contributed by atoms with Crippen molar-refractivity contribution in [2.75, 3.05) is 32.6 Å². The van der Waals surface area contributed by atoms with Crippen molar-refractivity contribution in [3.63, 3.8) is 0 Å². The van der Waals surface area contributed by atoms with Gasteiger partial charge in [-0.25, -0.2) is 9.78 Å². The molecular weight excluding hydrogens is 278 g/mol. The number of esters is 1. The Bertz CT molecular complexity index is 600. The standard InChI is InChI=1S/C17H21N3O2/c1-20(2)12-7-13-22-17(21)15-10-6-11-18-16(15)19-14-8-4-3-5-9-14/h3-6,8-11H,7,12-13H2,1-2H3,(H,18,19). The van der Waals surface area contributed by atoms with Gasteiger partial charge in [0.1, 0.15) is 11.4 Å². The molecule has 116 valence electrons. The second-order valence-electron chi connectivity index (χ2n) is 5.18. The number of anilines is 2. The van der Waals surface area contributed by atoms with Crippen molar-refractivity contribution in [3.05, 3.63) is 54.2 Å². The molecule has 1 aromatic heterocycles. The molecule has 1 heterocycles. The van der Waals surface area contributed by atoms with Crippen LogP contribution in [0.15, 0.2) is 48.7 Å². The Hall–Kier alpha value is -2.40. The maximum absolute atomic E-state index is 12.2. The number of ether oxygens (including phenoxy) is 1. The van der Waals surface area contributed by atoms with Crippen molar-refractivity contribution in [3.8, 4) is 0 Å². The molecular formula is C17H21N3O2. The van der Waals surface area contributed by atoms with Crippen molar-refractivity contribution in [2.45, 2.75) is 6.42 Å². The number of nitrogens with one attached hydrogen (secondary N) is 1. The number of aromatic nitrogens is 1. The SMILES string of the molecule is CN(C)CCCOC(=O)c1cccnc1Nc1ccccc1. The van der Waals surface area contributed by atoms with Gasteiger partial charge in [-0.2, -0.15) is 0 Å². The van der Waals surface area contributed by atoms with E-state index in [0.29, 0.717) is 18.0 Å². The number of para-hydroxylation sites is 1. The Labute approximate surface area is 130 Å². The average Bonchev–Trinajstić information content (AvgIpc) is 2.53. The van der Waals surface area contributed by atoms with E-state index in [1.54, 1.807) is 18.3 Å². The summed E-state index contributed by atoms with van der Waals surface area (Å²) in [7, 11) is 3.98. The number of pyridine rings is 1. The summed E-state index contributed by atoms with van der Waals surface area (Å²) < 4.78 is 5.31. The summed E-state index contributed by atoms with van der Waals surface area (Å²) >= 11 is 0. The first-order valence-electron chi connectivity index (χ1n) is 7.26. The molecule has 0 aliphatic heterocycles. The fourth-order valence-electron chi connectivity index (χ4n) is 1.95. The maximum Gasteiger partial charge on any atom is 0.341 e. The Morgan fingerprint density at radius 1 is 1.18 bits per heavy atom. The van der Waals surface area contributed by atoms with Crippen LogP contribution in [0.4, 0.5) is 11.5 Å². The highest BCUT2D eigenvalue weighted by Gasteiger charge is 2.13. The highest BCUT2D eigenvalue weighted by Crippen LogP contribution is 2.18. The number of carbonyl (C=O) groups is 1. The lowest BCUT2D eigenvalue weighted by Gasteiger charge is -2.12. The quantitative estimate of drug-likeness (QED) is 0.629. The number of carbonyl (C=O) groups excluding carboxylic acids is 1. The summed E-state index contributed by atoms with van der Waals surface area (Å²) in [6, 6.07) is 13.1. The zero-order chi connectivity index (χ0) is 15.8. The van der Waals surface area contributed by atoms with Crippen LogP contribution in [0.3, 0.4) is 0 Å². The predicted octanol–water partition coefficient (Wildman–Crippen LogP) is 2.93. The summed E-state index contributed by atoms with van der Waals surface area (Å²) in [6.07, 6.45) is 2.45. The Balaban J connectivity index is 2.00. The molecule has 2 aromatic rings. The van der Waals surface area contributed by atoms with E-state index in [4.69, 9.17) is 4.74 Å². The molecule has 0 amide bonds. The number of hydrogen-bond acceptors (Lipinski definition) is 5. The Morgan fingerprint density at radius 3 is 2.68 bits per heavy atom. The van der Waals surface area contributed by atoms with Crippen LogP contribution in [0.2, 0.25) is 0 Å². The number of benzene rings is 1. The van der Waals surface area contributed by atoms with Gasteiger partial charge < -0.3 is 15.0 Å². The van der Waals surface area contributed by atoms with Crippen molar-refractivity contribution in [1.82, 2.24) is 9.88 Å². The summed E-state index contributed by atoms with van der Waals surface area (Å²) in [4.78, 5) is 18.5. The van der Waals surface area contributed by atoms with Crippen LogP contribution in [0, 0.1) is 0 Å². The average molecular weight is 299 g/mol. The summed E-state index contributed by atoms with van der Waals surface area (Å²) in [5, 5.41) is 3.14. The number of hydrogen-bond donors (Lipinski definition) is 1. The third kappa shape index (κ3) is 4.86. The van der Waals surface area contributed by atoms with Gasteiger partial charge in [0.2, 0.25) is 0 Å². The third-order valence-corrected chi connectivity index (χ3v) is 3.05. The first kappa shape index (κ1) is 16.0. The molecule has 0 fully saturated rings. The Morgan fingerprint density at radius 2 is 1.95 bits per heavy atom. The van der Waals surface area contributed by atoms with Gasteiger partial charge in [-0.3, -0.25) is 0 Å². The van der Waals surface area contributed by atoms with E-state index in [2.05, 4.69) is 15.2 Å². The highest BCUT2D eigenvalue weighted by molar-refractivity contribution is 5.95. The third-order valence-electron chi connectivity index (χ3n) is 3.05. The van der Waals surface area contributed by atoms with E-state index >= 15 is 0 Å². The van der Waals surface area contributed by atoms with E-state index in [0.717, 1.165) is 18.7 Å². The molecule has 0 unspecified atom stereocenters. The van der Waals surface area contributed by atoms with Crippen LogP contribution in [0.5, 0.6) is 0 Å². The minimum Gasteiger partial charge on any atom is -0.462 e. The van der Waals surface area contributed by atoms with E-state index in [9.17, 15) is 4.79 Å². The van der Waals surface area contributed by atoms with Gasteiger partial charge in [0.05, 0.1) is 6.61 Å². The van der Waals surface area contributed by atoms with Crippen LogP contribution < -0.4 is 5.32 Å². The number of rotatable bonds is 7. The van der Waals surface area contributed by atoms with Crippen molar-refractivity contribution < 1.29 is 9.53 Å². The summed E-state index contributed by atoms with van der Waals surface area (Å²) in [5.41, 5.74) is 1.32. The lowest BCUT2D eigenvalue weighted by atomic mass is 10.2. The molecule has 1 N–H and O–H groups in total. The molecule has 0 spiro atoms. The van der Waals surface area contributed by atoms with E-state index in [-0.39, 0.29) is 5.97 Å². The van der Waals surface area contributed by atoms with Gasteiger partial charge in [0.15, 0.2) is 0 Å². The smallest absolute Gasteiger partial charge is 0.341 e. The summed E-state index contributed by atoms with van der Waals surface area (Å²) in [6.45, 7) is 1.28. The molecule has 0 atom stereocenters. The van der Waals surface area contributed by atoms with Gasteiger partial charge in [0, 0.05) is 18.4 Å². The van der Waals surface area contributed by atoms with E-state index < -0.39 is 0 Å². The van der Waals surface area contributed by atoms with Crippen LogP contribution >= 0.6 is 0 Å². The van der Waals surface area contributed by atoms with Crippen molar-refractivity contribution in [1.29, 1.82) is 0 Å². The van der Waals surface area contributed by atoms with Gasteiger partial charge in [-0.15, -0.1) is 0 Å². The minimum absolute atomic E-state index is 0.356. The minimum atomic E-state index is -0.356. The second-order valence-corrected chi connectivity index (χ2v) is 5.18. The predicted molar refractivity (Wildman–Crippen MR) is 87.4 cm³/mol. The number of nitrogens with zero attached hydrogens (tertiary/aromatic N) is 2. The van der Waals surface area contributed by atoms with Gasteiger partial charge >= 0.3 is 5.97 Å². The van der Waals surface area contributed by atoms with Gasteiger partial charge in [-0.05, 0) is 44.8 Å². The summed E-state index contributed by atoms with van der Waals surface area (Å²) in [5.74, 6) is 0.150. The Kier molecular flexibility index (Phi) is 5.91. The molecule has 22 heavy (non-hydrogen) atoms. The van der Waals surface area contributed by atoms with Crippen LogP contribution in [0.1, 0.15) is 16.8 Å². The lowest BCUT2D eigenvalue weighted by molar-refractivity contribution is 0.0494. The molecule has 1 aromatic carbocycles. The first-order valence-corrected chi connectivity index (χ1v) is 7.26. The molecule has 2 rings (SSSR count). The normalized spacial score (nSPS) is 10.5. The first-order chi connectivity index (χ1) is 10.7. The maximum atomic E-state index is 12.2. The molecule has 0 bridgehead atoms. The van der Waals surface area contributed by atoms with Gasteiger partial charge in [-0.1, -0.05) is 18.2 Å². The molecule has 0 saturated heterocycles. The second kappa shape index (κ2) is 8.14. The monoisotopic (exact) mass is 299 g/mol.